The van der Waals surface area contributed by atoms with E-state index >= 15 is 4.39 Å². The summed E-state index contributed by atoms with van der Waals surface area (Å²) >= 11 is 1.30. The highest BCUT2D eigenvalue weighted by Gasteiger charge is 2.53. The number of carbonyl (C=O) groups excluding carboxylic acids is 1. The Balaban J connectivity index is 1.57. The van der Waals surface area contributed by atoms with Gasteiger partial charge in [-0.3, -0.25) is 4.79 Å². The SMILES string of the molecule is CCc1nc(OCCO)c2cc(N3CSCN(c4ccc(C#N)c(C(F)(F)F)c4)C(=O)C34CCC4)cc(F)c2n1. The van der Waals surface area contributed by atoms with Crippen LogP contribution >= 0.6 is 11.8 Å². The molecule has 1 amide bonds. The molecule has 2 aromatic carbocycles. The molecule has 210 valence electrons. The normalized spacial score (nSPS) is 17.1. The lowest BCUT2D eigenvalue weighted by Gasteiger charge is -2.49. The number of anilines is 2. The Hall–Kier alpha value is -3.63. The lowest BCUT2D eigenvalue weighted by Crippen LogP contribution is -2.62. The number of alkyl halides is 3. The number of thioether (sulfide) groups is 1. The van der Waals surface area contributed by atoms with Crippen molar-refractivity contribution in [3.05, 3.63) is 53.1 Å². The van der Waals surface area contributed by atoms with E-state index in [1.165, 1.54) is 28.8 Å². The molecule has 5 rings (SSSR count). The molecule has 0 atom stereocenters. The fourth-order valence-corrected chi connectivity index (χ4v) is 6.18. The van der Waals surface area contributed by atoms with Gasteiger partial charge in [0.2, 0.25) is 5.88 Å². The Morgan fingerprint density at radius 1 is 1.18 bits per heavy atom. The highest BCUT2D eigenvalue weighted by molar-refractivity contribution is 7.99. The van der Waals surface area contributed by atoms with Gasteiger partial charge in [-0.2, -0.15) is 23.4 Å². The minimum absolute atomic E-state index is 0.0434. The van der Waals surface area contributed by atoms with E-state index in [4.69, 9.17) is 10.00 Å². The molecule has 0 radical (unpaired) electrons. The number of benzene rings is 2. The zero-order valence-corrected chi connectivity index (χ0v) is 22.3. The molecule has 1 aliphatic carbocycles. The van der Waals surface area contributed by atoms with Crippen molar-refractivity contribution in [3.8, 4) is 11.9 Å². The zero-order valence-electron chi connectivity index (χ0n) is 21.5. The number of fused-ring (bicyclic) bond motifs is 1. The van der Waals surface area contributed by atoms with Crippen molar-refractivity contribution < 1.29 is 32.2 Å². The molecule has 40 heavy (non-hydrogen) atoms. The van der Waals surface area contributed by atoms with Crippen molar-refractivity contribution >= 4 is 39.9 Å². The molecule has 0 bridgehead atoms. The maximum atomic E-state index is 15.5. The van der Waals surface area contributed by atoms with Crippen molar-refractivity contribution in [2.24, 2.45) is 0 Å². The van der Waals surface area contributed by atoms with Gasteiger partial charge in [0.05, 0.1) is 40.9 Å². The molecular weight excluding hydrogens is 550 g/mol. The van der Waals surface area contributed by atoms with Crippen LogP contribution in [0.3, 0.4) is 0 Å². The second kappa shape index (κ2) is 10.7. The number of aliphatic hydroxyl groups excluding tert-OH is 1. The standard InChI is InChI=1S/C27H25F4N5O3S/c1-2-22-33-23-19(24(34-22)39-9-8-37)10-18(12-21(23)28)36-15-40-14-35(25(38)26(36)6-3-7-26)17-5-4-16(13-32)20(11-17)27(29,30)31/h4-5,10-12,37H,2-3,6-9,14-15H2,1H3. The van der Waals surface area contributed by atoms with Gasteiger partial charge >= 0.3 is 6.18 Å². The predicted molar refractivity (Wildman–Crippen MR) is 141 cm³/mol. The van der Waals surface area contributed by atoms with Crippen LogP contribution in [0, 0.1) is 17.1 Å². The van der Waals surface area contributed by atoms with Crippen molar-refractivity contribution in [2.75, 3.05) is 34.8 Å². The molecule has 2 heterocycles. The molecule has 1 spiro atoms. The number of hydrogen-bond donors (Lipinski definition) is 1. The number of halogens is 4. The summed E-state index contributed by atoms with van der Waals surface area (Å²) in [7, 11) is 0. The Labute approximate surface area is 231 Å². The summed E-state index contributed by atoms with van der Waals surface area (Å²) in [6, 6.07) is 7.77. The number of aromatic nitrogens is 2. The summed E-state index contributed by atoms with van der Waals surface area (Å²) < 4.78 is 62.1. The number of rotatable bonds is 6. The van der Waals surface area contributed by atoms with Crippen LogP contribution in [0.5, 0.6) is 5.88 Å². The molecule has 2 fully saturated rings. The van der Waals surface area contributed by atoms with Gasteiger partial charge in [0, 0.05) is 17.8 Å². The van der Waals surface area contributed by atoms with Gasteiger partial charge in [-0.1, -0.05) is 6.92 Å². The Bertz CT molecular complexity index is 1510. The lowest BCUT2D eigenvalue weighted by molar-refractivity contribution is -0.137. The number of hydrogen-bond acceptors (Lipinski definition) is 8. The van der Waals surface area contributed by atoms with Gasteiger partial charge in [-0.05, 0) is 49.6 Å². The van der Waals surface area contributed by atoms with Crippen LogP contribution in [0.25, 0.3) is 10.9 Å². The Morgan fingerprint density at radius 3 is 2.58 bits per heavy atom. The molecule has 1 aliphatic heterocycles. The summed E-state index contributed by atoms with van der Waals surface area (Å²) in [4.78, 5) is 25.8. The number of nitrogens with zero attached hydrogens (tertiary/aromatic N) is 5. The molecule has 1 N–H and O–H groups in total. The monoisotopic (exact) mass is 575 g/mol. The number of amides is 1. The topological polar surface area (TPSA) is 103 Å². The first kappa shape index (κ1) is 27.9. The number of carbonyl (C=O) groups is 1. The number of aliphatic hydroxyl groups is 1. The van der Waals surface area contributed by atoms with E-state index in [0.717, 1.165) is 12.1 Å². The smallest absolute Gasteiger partial charge is 0.417 e. The van der Waals surface area contributed by atoms with Gasteiger partial charge < -0.3 is 19.6 Å². The van der Waals surface area contributed by atoms with E-state index in [9.17, 15) is 23.1 Å². The molecule has 1 saturated heterocycles. The van der Waals surface area contributed by atoms with Gasteiger partial charge in [0.1, 0.15) is 23.5 Å². The van der Waals surface area contributed by atoms with Crippen LogP contribution < -0.4 is 14.5 Å². The third kappa shape index (κ3) is 4.79. The number of ether oxygens (including phenoxy) is 1. The van der Waals surface area contributed by atoms with Crippen LogP contribution in [0.1, 0.15) is 43.1 Å². The molecule has 13 heteroatoms. The largest absolute Gasteiger partial charge is 0.475 e. The van der Waals surface area contributed by atoms with Crippen LogP contribution in [-0.4, -0.2) is 51.5 Å². The molecule has 3 aromatic rings. The van der Waals surface area contributed by atoms with Crippen LogP contribution in [0.2, 0.25) is 0 Å². The Morgan fingerprint density at radius 2 is 1.95 bits per heavy atom. The van der Waals surface area contributed by atoms with E-state index in [0.29, 0.717) is 37.2 Å². The van der Waals surface area contributed by atoms with E-state index < -0.39 is 34.6 Å². The van der Waals surface area contributed by atoms with Gasteiger partial charge in [-0.15, -0.1) is 11.8 Å². The summed E-state index contributed by atoms with van der Waals surface area (Å²) in [5.74, 6) is -0.184. The molecular formula is C27H25F4N5O3S. The fourth-order valence-electron chi connectivity index (χ4n) is 5.07. The second-order valence-electron chi connectivity index (χ2n) is 9.54. The Kier molecular flexibility index (Phi) is 7.50. The van der Waals surface area contributed by atoms with Gasteiger partial charge in [0.25, 0.3) is 5.91 Å². The molecule has 1 saturated carbocycles. The average molecular weight is 576 g/mol. The summed E-state index contributed by atoms with van der Waals surface area (Å²) in [6.45, 7) is 1.50. The van der Waals surface area contributed by atoms with Crippen LogP contribution in [-0.2, 0) is 17.4 Å². The van der Waals surface area contributed by atoms with E-state index in [2.05, 4.69) is 9.97 Å². The molecule has 2 aliphatic rings. The van der Waals surface area contributed by atoms with Crippen LogP contribution in [0.4, 0.5) is 28.9 Å². The maximum Gasteiger partial charge on any atom is 0.417 e. The number of aryl methyl sites for hydroxylation is 1. The first-order chi connectivity index (χ1) is 19.1. The minimum Gasteiger partial charge on any atom is -0.475 e. The fraction of sp³-hybridized carbons (Fsp3) is 0.407. The maximum absolute atomic E-state index is 15.5. The zero-order chi connectivity index (χ0) is 28.7. The summed E-state index contributed by atoms with van der Waals surface area (Å²) in [5.41, 5.74) is -2.23. The third-order valence-corrected chi connectivity index (χ3v) is 8.11. The first-order valence-corrected chi connectivity index (χ1v) is 13.8. The van der Waals surface area contributed by atoms with E-state index in [-0.39, 0.29) is 47.4 Å². The molecule has 1 aromatic heterocycles. The van der Waals surface area contributed by atoms with Gasteiger partial charge in [0.15, 0.2) is 5.82 Å². The quantitative estimate of drug-likeness (QED) is 0.409. The van der Waals surface area contributed by atoms with Gasteiger partial charge in [-0.25, -0.2) is 9.37 Å². The molecule has 0 unspecified atom stereocenters. The lowest BCUT2D eigenvalue weighted by atomic mass is 9.74. The van der Waals surface area contributed by atoms with Crippen LogP contribution in [0.15, 0.2) is 30.3 Å². The third-order valence-electron chi connectivity index (χ3n) is 7.23. The average Bonchev–Trinajstić information content (AvgIpc) is 3.07. The highest BCUT2D eigenvalue weighted by Crippen LogP contribution is 2.47. The number of nitriles is 1. The summed E-state index contributed by atoms with van der Waals surface area (Å²) in [5, 5.41) is 18.7. The van der Waals surface area contributed by atoms with E-state index in [1.807, 2.05) is 6.92 Å². The highest BCUT2D eigenvalue weighted by atomic mass is 32.2. The summed E-state index contributed by atoms with van der Waals surface area (Å²) in [6.07, 6.45) is -2.74. The molecule has 8 nitrogen and oxygen atoms in total. The van der Waals surface area contributed by atoms with E-state index in [1.54, 1.807) is 17.0 Å². The first-order valence-electron chi connectivity index (χ1n) is 12.7. The predicted octanol–water partition coefficient (Wildman–Crippen LogP) is 5.02. The van der Waals surface area contributed by atoms with Crippen molar-refractivity contribution in [2.45, 2.75) is 44.3 Å². The second-order valence-corrected chi connectivity index (χ2v) is 10.5. The van der Waals surface area contributed by atoms with Crippen molar-refractivity contribution in [3.63, 3.8) is 0 Å². The van der Waals surface area contributed by atoms with Crippen molar-refractivity contribution in [1.29, 1.82) is 5.26 Å². The van der Waals surface area contributed by atoms with Crippen molar-refractivity contribution in [1.82, 2.24) is 9.97 Å². The minimum atomic E-state index is -4.76.